The van der Waals surface area contributed by atoms with E-state index in [0.29, 0.717) is 0 Å². The molecule has 2 nitrogen and oxygen atoms in total. The van der Waals surface area contributed by atoms with Crippen LogP contribution in [0.1, 0.15) is 19.8 Å². The summed E-state index contributed by atoms with van der Waals surface area (Å²) in [6.45, 7) is 5.03. The van der Waals surface area contributed by atoms with E-state index in [0.717, 1.165) is 29.9 Å². The third-order valence-electron chi connectivity index (χ3n) is 2.67. The van der Waals surface area contributed by atoms with E-state index in [1.165, 1.54) is 18.5 Å². The van der Waals surface area contributed by atoms with Crippen molar-refractivity contribution >= 4 is 21.6 Å². The van der Waals surface area contributed by atoms with Crippen molar-refractivity contribution in [3.05, 3.63) is 22.7 Å². The lowest BCUT2D eigenvalue weighted by Gasteiger charge is -2.22. The Morgan fingerprint density at radius 3 is 2.73 bits per heavy atom. The second-order valence-corrected chi connectivity index (χ2v) is 4.57. The Kier molecular flexibility index (Phi) is 3.52. The number of halogens is 1. The lowest BCUT2D eigenvalue weighted by Crippen LogP contribution is -2.19. The van der Waals surface area contributed by atoms with Gasteiger partial charge in [0, 0.05) is 17.6 Å². The van der Waals surface area contributed by atoms with Gasteiger partial charge in [0.2, 0.25) is 0 Å². The first-order valence-corrected chi connectivity index (χ1v) is 6.28. The molecule has 0 N–H and O–H groups in total. The van der Waals surface area contributed by atoms with Crippen molar-refractivity contribution in [3.8, 4) is 5.75 Å². The van der Waals surface area contributed by atoms with E-state index < -0.39 is 0 Å². The maximum absolute atomic E-state index is 5.66. The van der Waals surface area contributed by atoms with Crippen molar-refractivity contribution in [2.24, 2.45) is 0 Å². The fourth-order valence-electron chi connectivity index (χ4n) is 2.02. The monoisotopic (exact) mass is 269 g/mol. The van der Waals surface area contributed by atoms with E-state index >= 15 is 0 Å². The molecule has 1 aliphatic rings. The fraction of sp³-hybridized carbons (Fsp3) is 0.500. The molecule has 15 heavy (non-hydrogen) atoms. The predicted octanol–water partition coefficient (Wildman–Crippen LogP) is 3.45. The van der Waals surface area contributed by atoms with Gasteiger partial charge in [-0.05, 0) is 47.8 Å². The van der Waals surface area contributed by atoms with Gasteiger partial charge in [-0.1, -0.05) is 6.07 Å². The Morgan fingerprint density at radius 2 is 2.07 bits per heavy atom. The molecule has 0 bridgehead atoms. The van der Waals surface area contributed by atoms with Crippen molar-refractivity contribution in [1.29, 1.82) is 0 Å². The Bertz CT molecular complexity index is 334. The van der Waals surface area contributed by atoms with Gasteiger partial charge in [0.25, 0.3) is 0 Å². The molecule has 0 spiro atoms. The van der Waals surface area contributed by atoms with Crippen molar-refractivity contribution in [1.82, 2.24) is 0 Å². The normalized spacial score (nSPS) is 15.7. The first kappa shape index (κ1) is 10.8. The first-order valence-electron chi connectivity index (χ1n) is 5.49. The Hall–Kier alpha value is -0.700. The first-order chi connectivity index (χ1) is 7.33. The van der Waals surface area contributed by atoms with Crippen LogP contribution in [-0.4, -0.2) is 19.7 Å². The maximum Gasteiger partial charge on any atom is 0.143 e. The molecule has 1 aromatic carbocycles. The standard InChI is InChI=1S/C12H16BrNO/c1-2-15-11-7-5-6-10(13)12(11)14-8-3-4-9-14/h5-7H,2-4,8-9H2,1H3. The largest absolute Gasteiger partial charge is 0.492 e. The lowest BCUT2D eigenvalue weighted by molar-refractivity contribution is 0.340. The smallest absolute Gasteiger partial charge is 0.143 e. The molecule has 82 valence electrons. The number of ether oxygens (including phenoxy) is 1. The van der Waals surface area contributed by atoms with Gasteiger partial charge in [-0.15, -0.1) is 0 Å². The van der Waals surface area contributed by atoms with Gasteiger partial charge in [-0.3, -0.25) is 0 Å². The van der Waals surface area contributed by atoms with Gasteiger partial charge in [-0.25, -0.2) is 0 Å². The summed E-state index contributed by atoms with van der Waals surface area (Å²) < 4.78 is 6.79. The van der Waals surface area contributed by atoms with Gasteiger partial charge in [0.15, 0.2) is 0 Å². The molecule has 1 aliphatic heterocycles. The summed E-state index contributed by atoms with van der Waals surface area (Å²) in [5.41, 5.74) is 1.22. The third kappa shape index (κ3) is 2.28. The van der Waals surface area contributed by atoms with Crippen LogP contribution in [0.5, 0.6) is 5.75 Å². The highest BCUT2D eigenvalue weighted by Gasteiger charge is 2.18. The van der Waals surface area contributed by atoms with E-state index in [1.54, 1.807) is 0 Å². The number of nitrogens with zero attached hydrogens (tertiary/aromatic N) is 1. The zero-order chi connectivity index (χ0) is 10.7. The number of anilines is 1. The van der Waals surface area contributed by atoms with E-state index in [2.05, 4.69) is 26.9 Å². The summed E-state index contributed by atoms with van der Waals surface area (Å²) in [6, 6.07) is 6.15. The van der Waals surface area contributed by atoms with Gasteiger partial charge >= 0.3 is 0 Å². The molecule has 1 heterocycles. The molecule has 1 saturated heterocycles. The molecule has 2 rings (SSSR count). The number of hydrogen-bond donors (Lipinski definition) is 0. The van der Waals surface area contributed by atoms with Gasteiger partial charge in [0.05, 0.1) is 12.3 Å². The van der Waals surface area contributed by atoms with Crippen molar-refractivity contribution in [2.45, 2.75) is 19.8 Å². The topological polar surface area (TPSA) is 12.5 Å². The van der Waals surface area contributed by atoms with Crippen LogP contribution in [0.25, 0.3) is 0 Å². The highest BCUT2D eigenvalue weighted by Crippen LogP contribution is 2.37. The summed E-state index contributed by atoms with van der Waals surface area (Å²) in [4.78, 5) is 2.40. The van der Waals surface area contributed by atoms with Crippen LogP contribution in [-0.2, 0) is 0 Å². The van der Waals surface area contributed by atoms with Crippen LogP contribution in [0.2, 0.25) is 0 Å². The van der Waals surface area contributed by atoms with Crippen molar-refractivity contribution in [3.63, 3.8) is 0 Å². The van der Waals surface area contributed by atoms with Gasteiger partial charge < -0.3 is 9.64 Å². The SMILES string of the molecule is CCOc1cccc(Br)c1N1CCCC1. The zero-order valence-corrected chi connectivity index (χ0v) is 10.6. The maximum atomic E-state index is 5.66. The number of hydrogen-bond acceptors (Lipinski definition) is 2. The van der Waals surface area contributed by atoms with E-state index in [4.69, 9.17) is 4.74 Å². The number of benzene rings is 1. The average molecular weight is 270 g/mol. The molecule has 0 atom stereocenters. The third-order valence-corrected chi connectivity index (χ3v) is 3.31. The van der Waals surface area contributed by atoms with Gasteiger partial charge in [-0.2, -0.15) is 0 Å². The van der Waals surface area contributed by atoms with Crippen LogP contribution in [0, 0.1) is 0 Å². The molecule has 0 radical (unpaired) electrons. The number of para-hydroxylation sites is 1. The molecule has 0 aliphatic carbocycles. The molecule has 0 aromatic heterocycles. The summed E-state index contributed by atoms with van der Waals surface area (Å²) in [5.74, 6) is 0.994. The second kappa shape index (κ2) is 4.88. The lowest BCUT2D eigenvalue weighted by atomic mass is 10.2. The number of rotatable bonds is 3. The fourth-order valence-corrected chi connectivity index (χ4v) is 2.61. The average Bonchev–Trinajstić information content (AvgIpc) is 2.71. The molecular formula is C12H16BrNO. The quantitative estimate of drug-likeness (QED) is 0.834. The van der Waals surface area contributed by atoms with Crippen LogP contribution in [0.4, 0.5) is 5.69 Å². The Morgan fingerprint density at radius 1 is 1.33 bits per heavy atom. The molecule has 0 amide bonds. The minimum Gasteiger partial charge on any atom is -0.492 e. The minimum atomic E-state index is 0.720. The highest BCUT2D eigenvalue weighted by atomic mass is 79.9. The van der Waals surface area contributed by atoms with Crippen molar-refractivity contribution in [2.75, 3.05) is 24.6 Å². The Balaban J connectivity index is 2.32. The summed E-state index contributed by atoms with van der Waals surface area (Å²) >= 11 is 3.61. The summed E-state index contributed by atoms with van der Waals surface area (Å²) in [5, 5.41) is 0. The van der Waals surface area contributed by atoms with E-state index in [1.807, 2.05) is 19.1 Å². The van der Waals surface area contributed by atoms with Gasteiger partial charge in [0.1, 0.15) is 5.75 Å². The highest BCUT2D eigenvalue weighted by molar-refractivity contribution is 9.10. The minimum absolute atomic E-state index is 0.720. The van der Waals surface area contributed by atoms with E-state index in [-0.39, 0.29) is 0 Å². The molecule has 0 unspecified atom stereocenters. The van der Waals surface area contributed by atoms with E-state index in [9.17, 15) is 0 Å². The molecule has 1 aromatic rings. The molecule has 1 fully saturated rings. The Labute approximate surface area is 99.4 Å². The summed E-state index contributed by atoms with van der Waals surface area (Å²) in [6.07, 6.45) is 2.57. The zero-order valence-electron chi connectivity index (χ0n) is 9.00. The van der Waals surface area contributed by atoms with Crippen LogP contribution in [0.3, 0.4) is 0 Å². The molecule has 3 heteroatoms. The molecular weight excluding hydrogens is 254 g/mol. The van der Waals surface area contributed by atoms with Crippen LogP contribution >= 0.6 is 15.9 Å². The summed E-state index contributed by atoms with van der Waals surface area (Å²) in [7, 11) is 0. The second-order valence-electron chi connectivity index (χ2n) is 3.71. The van der Waals surface area contributed by atoms with Crippen molar-refractivity contribution < 1.29 is 4.74 Å². The van der Waals surface area contributed by atoms with Crippen LogP contribution in [0.15, 0.2) is 22.7 Å². The predicted molar refractivity (Wildman–Crippen MR) is 66.8 cm³/mol. The molecule has 0 saturated carbocycles. The van der Waals surface area contributed by atoms with Crippen LogP contribution < -0.4 is 9.64 Å².